The summed E-state index contributed by atoms with van der Waals surface area (Å²) >= 11 is 1.37. The number of nitrogens with zero attached hydrogens (tertiary/aromatic N) is 3. The van der Waals surface area contributed by atoms with Gasteiger partial charge in [-0.2, -0.15) is 5.10 Å². The second-order valence-electron chi connectivity index (χ2n) is 5.28. The number of hydrogen-bond donors (Lipinski definition) is 0. The molecule has 3 aromatic rings. The van der Waals surface area contributed by atoms with Crippen LogP contribution < -0.4 is 9.47 Å². The van der Waals surface area contributed by atoms with Gasteiger partial charge >= 0.3 is 0 Å². The zero-order chi connectivity index (χ0) is 16.7. The van der Waals surface area contributed by atoms with E-state index in [0.29, 0.717) is 33.7 Å². The van der Waals surface area contributed by atoms with E-state index < -0.39 is 0 Å². The van der Waals surface area contributed by atoms with Crippen LogP contribution in [0.2, 0.25) is 0 Å². The molecule has 0 saturated carbocycles. The van der Waals surface area contributed by atoms with Crippen LogP contribution in [0.25, 0.3) is 17.1 Å². The van der Waals surface area contributed by atoms with E-state index in [1.165, 1.54) is 17.8 Å². The third kappa shape index (κ3) is 2.50. The second-order valence-corrected chi connectivity index (χ2v) is 6.13. The number of aryl methyl sites for hydroxylation is 1. The maximum Gasteiger partial charge on any atom is 0.231 e. The SMILES string of the molecule is CSc1ccc(-n2nc(C)nc2-c2ccc3c(c2)OCO3)cc1F. The van der Waals surface area contributed by atoms with Crippen molar-refractivity contribution in [3.63, 3.8) is 0 Å². The molecule has 122 valence electrons. The van der Waals surface area contributed by atoms with E-state index in [9.17, 15) is 4.39 Å². The standard InChI is InChI=1S/C17H14FN3O2S/c1-10-19-17(11-3-5-14-15(7-11)23-9-22-14)21(20-10)12-4-6-16(24-2)13(18)8-12/h3-8H,9H2,1-2H3. The van der Waals surface area contributed by atoms with Gasteiger partial charge in [-0.25, -0.2) is 14.1 Å². The first-order valence-corrected chi connectivity index (χ1v) is 8.56. The van der Waals surface area contributed by atoms with E-state index in [4.69, 9.17) is 9.47 Å². The van der Waals surface area contributed by atoms with Crippen molar-refractivity contribution in [1.82, 2.24) is 14.8 Å². The van der Waals surface area contributed by atoms with Gasteiger partial charge in [-0.15, -0.1) is 11.8 Å². The Hall–Kier alpha value is -2.54. The zero-order valence-corrected chi connectivity index (χ0v) is 13.9. The van der Waals surface area contributed by atoms with Crippen LogP contribution in [0.1, 0.15) is 5.82 Å². The molecule has 0 bridgehead atoms. The molecule has 1 aliphatic rings. The van der Waals surface area contributed by atoms with Gasteiger partial charge < -0.3 is 9.47 Å². The predicted molar refractivity (Wildman–Crippen MR) is 89.4 cm³/mol. The molecule has 0 radical (unpaired) electrons. The Morgan fingerprint density at radius 3 is 2.75 bits per heavy atom. The van der Waals surface area contributed by atoms with Gasteiger partial charge in [0.1, 0.15) is 11.6 Å². The van der Waals surface area contributed by atoms with Crippen molar-refractivity contribution in [2.75, 3.05) is 13.0 Å². The summed E-state index contributed by atoms with van der Waals surface area (Å²) in [4.78, 5) is 5.08. The number of rotatable bonds is 3. The van der Waals surface area contributed by atoms with Gasteiger partial charge in [0.15, 0.2) is 17.3 Å². The highest BCUT2D eigenvalue weighted by molar-refractivity contribution is 7.98. The fraction of sp³-hybridized carbons (Fsp3) is 0.176. The molecule has 0 spiro atoms. The summed E-state index contributed by atoms with van der Waals surface area (Å²) in [5.74, 6) is 2.34. The minimum Gasteiger partial charge on any atom is -0.454 e. The third-order valence-electron chi connectivity index (χ3n) is 3.72. The first-order valence-electron chi connectivity index (χ1n) is 7.33. The summed E-state index contributed by atoms with van der Waals surface area (Å²) in [7, 11) is 0. The fourth-order valence-corrected chi connectivity index (χ4v) is 3.06. The molecule has 0 fully saturated rings. The highest BCUT2D eigenvalue weighted by Crippen LogP contribution is 2.36. The second kappa shape index (κ2) is 5.83. The normalized spacial score (nSPS) is 12.6. The van der Waals surface area contributed by atoms with Crippen molar-refractivity contribution in [2.24, 2.45) is 0 Å². The van der Waals surface area contributed by atoms with E-state index in [0.717, 1.165) is 5.56 Å². The molecule has 0 amide bonds. The van der Waals surface area contributed by atoms with Gasteiger partial charge in [0, 0.05) is 16.5 Å². The van der Waals surface area contributed by atoms with Crippen molar-refractivity contribution in [3.05, 3.63) is 48.0 Å². The van der Waals surface area contributed by atoms with Gasteiger partial charge in [0.05, 0.1) is 5.69 Å². The summed E-state index contributed by atoms with van der Waals surface area (Å²) < 4.78 is 26.5. The molecule has 4 rings (SSSR count). The molecular formula is C17H14FN3O2S. The Balaban J connectivity index is 1.82. The van der Waals surface area contributed by atoms with Crippen molar-refractivity contribution in [1.29, 1.82) is 0 Å². The highest BCUT2D eigenvalue weighted by Gasteiger charge is 2.18. The molecule has 7 heteroatoms. The maximum absolute atomic E-state index is 14.1. The topological polar surface area (TPSA) is 49.2 Å². The largest absolute Gasteiger partial charge is 0.454 e. The first kappa shape index (κ1) is 15.0. The molecule has 0 unspecified atom stereocenters. The van der Waals surface area contributed by atoms with Crippen LogP contribution >= 0.6 is 11.8 Å². The van der Waals surface area contributed by atoms with Crippen LogP contribution in [0.4, 0.5) is 4.39 Å². The lowest BCUT2D eigenvalue weighted by Crippen LogP contribution is -2.01. The lowest BCUT2D eigenvalue weighted by molar-refractivity contribution is 0.174. The Morgan fingerprint density at radius 2 is 1.96 bits per heavy atom. The minimum absolute atomic E-state index is 0.214. The van der Waals surface area contributed by atoms with E-state index in [1.807, 2.05) is 30.5 Å². The predicted octanol–water partition coefficient (Wildman–Crippen LogP) is 3.83. The van der Waals surface area contributed by atoms with E-state index in [-0.39, 0.29) is 12.6 Å². The quantitative estimate of drug-likeness (QED) is 0.677. The maximum atomic E-state index is 14.1. The summed E-state index contributed by atoms with van der Waals surface area (Å²) in [6.07, 6.45) is 1.84. The summed E-state index contributed by atoms with van der Waals surface area (Å²) in [5, 5.41) is 4.41. The molecule has 0 saturated heterocycles. The number of benzene rings is 2. The van der Waals surface area contributed by atoms with Crippen LogP contribution in [-0.4, -0.2) is 27.8 Å². The monoisotopic (exact) mass is 343 g/mol. The van der Waals surface area contributed by atoms with Gasteiger partial charge in [0.2, 0.25) is 6.79 Å². The lowest BCUT2D eigenvalue weighted by atomic mass is 10.2. The fourth-order valence-electron chi connectivity index (χ4n) is 2.60. The molecule has 24 heavy (non-hydrogen) atoms. The number of hydrogen-bond acceptors (Lipinski definition) is 5. The van der Waals surface area contributed by atoms with Crippen molar-refractivity contribution in [2.45, 2.75) is 11.8 Å². The lowest BCUT2D eigenvalue weighted by Gasteiger charge is -2.08. The van der Waals surface area contributed by atoms with E-state index >= 15 is 0 Å². The molecule has 2 heterocycles. The summed E-state index contributed by atoms with van der Waals surface area (Å²) in [6, 6.07) is 10.6. The Bertz CT molecular complexity index is 926. The zero-order valence-electron chi connectivity index (χ0n) is 13.1. The molecule has 1 aliphatic heterocycles. The van der Waals surface area contributed by atoms with E-state index in [2.05, 4.69) is 10.1 Å². The van der Waals surface area contributed by atoms with Crippen LogP contribution in [0.5, 0.6) is 11.5 Å². The summed E-state index contributed by atoms with van der Waals surface area (Å²) in [5.41, 5.74) is 1.45. The van der Waals surface area contributed by atoms with Gasteiger partial charge in [-0.3, -0.25) is 0 Å². The van der Waals surface area contributed by atoms with Gasteiger partial charge in [0.25, 0.3) is 0 Å². The molecule has 0 aliphatic carbocycles. The van der Waals surface area contributed by atoms with E-state index in [1.54, 1.807) is 17.7 Å². The van der Waals surface area contributed by atoms with Gasteiger partial charge in [-0.1, -0.05) is 0 Å². The number of halogens is 1. The summed E-state index contributed by atoms with van der Waals surface area (Å²) in [6.45, 7) is 2.02. The van der Waals surface area contributed by atoms with Crippen LogP contribution in [0.3, 0.4) is 0 Å². The Kier molecular flexibility index (Phi) is 3.65. The smallest absolute Gasteiger partial charge is 0.231 e. The Labute approximate surface area is 142 Å². The number of fused-ring (bicyclic) bond motifs is 1. The minimum atomic E-state index is -0.273. The molecule has 2 aromatic carbocycles. The van der Waals surface area contributed by atoms with Gasteiger partial charge in [-0.05, 0) is 43.5 Å². The first-order chi connectivity index (χ1) is 11.7. The van der Waals surface area contributed by atoms with Crippen molar-refractivity contribution in [3.8, 4) is 28.6 Å². The average Bonchev–Trinajstić information content (AvgIpc) is 3.20. The molecule has 1 aromatic heterocycles. The van der Waals surface area contributed by atoms with Crippen molar-refractivity contribution >= 4 is 11.8 Å². The third-order valence-corrected chi connectivity index (χ3v) is 4.49. The van der Waals surface area contributed by atoms with Crippen LogP contribution in [-0.2, 0) is 0 Å². The molecule has 0 atom stereocenters. The number of thioether (sulfide) groups is 1. The number of ether oxygens (including phenoxy) is 2. The number of aromatic nitrogens is 3. The average molecular weight is 343 g/mol. The highest BCUT2D eigenvalue weighted by atomic mass is 32.2. The molecular weight excluding hydrogens is 329 g/mol. The van der Waals surface area contributed by atoms with Crippen LogP contribution in [0, 0.1) is 12.7 Å². The molecule has 5 nitrogen and oxygen atoms in total. The molecule has 0 N–H and O–H groups in total. The van der Waals surface area contributed by atoms with Crippen LogP contribution in [0.15, 0.2) is 41.3 Å². The van der Waals surface area contributed by atoms with Crippen molar-refractivity contribution < 1.29 is 13.9 Å². The Morgan fingerprint density at radius 1 is 1.12 bits per heavy atom.